The highest BCUT2D eigenvalue weighted by Crippen LogP contribution is 2.31. The third kappa shape index (κ3) is 3.83. The molecule has 4 heteroatoms. The maximum Gasteiger partial charge on any atom is 0.124 e. The number of benzene rings is 2. The van der Waals surface area contributed by atoms with Crippen LogP contribution < -0.4 is 10.1 Å². The number of rotatable bonds is 5. The maximum absolute atomic E-state index is 13.5. The maximum atomic E-state index is 13.5. The van der Waals surface area contributed by atoms with E-state index < -0.39 is 0 Å². The summed E-state index contributed by atoms with van der Waals surface area (Å²) >= 11 is 3.45. The van der Waals surface area contributed by atoms with Gasteiger partial charge in [0, 0.05) is 16.1 Å². The first-order valence-electron chi connectivity index (χ1n) is 6.81. The molecule has 0 radical (unpaired) electrons. The lowest BCUT2D eigenvalue weighted by Gasteiger charge is -2.20. The SMILES string of the molecule is CNC(Cc1cc(F)ccc1C)c1ccc(Br)cc1OC. The van der Waals surface area contributed by atoms with E-state index >= 15 is 0 Å². The van der Waals surface area contributed by atoms with Crippen molar-refractivity contribution in [3.63, 3.8) is 0 Å². The van der Waals surface area contributed by atoms with Crippen LogP contribution in [0.4, 0.5) is 4.39 Å². The summed E-state index contributed by atoms with van der Waals surface area (Å²) in [5.74, 6) is 0.617. The number of aryl methyl sites for hydroxylation is 1. The molecule has 1 atom stereocenters. The summed E-state index contributed by atoms with van der Waals surface area (Å²) < 4.78 is 19.9. The Morgan fingerprint density at radius 3 is 2.67 bits per heavy atom. The Kier molecular flexibility index (Phi) is 5.37. The highest BCUT2D eigenvalue weighted by atomic mass is 79.9. The summed E-state index contributed by atoms with van der Waals surface area (Å²) in [6.45, 7) is 2.00. The van der Waals surface area contributed by atoms with E-state index in [0.29, 0.717) is 6.42 Å². The molecule has 21 heavy (non-hydrogen) atoms. The largest absolute Gasteiger partial charge is 0.496 e. The molecule has 0 heterocycles. The Morgan fingerprint density at radius 2 is 2.00 bits per heavy atom. The smallest absolute Gasteiger partial charge is 0.124 e. The number of likely N-dealkylation sites (N-methyl/N-ethyl adjacent to an activating group) is 1. The Labute approximate surface area is 133 Å². The minimum Gasteiger partial charge on any atom is -0.496 e. The van der Waals surface area contributed by atoms with Gasteiger partial charge in [0.2, 0.25) is 0 Å². The van der Waals surface area contributed by atoms with E-state index in [9.17, 15) is 4.39 Å². The van der Waals surface area contributed by atoms with Crippen molar-refractivity contribution in [2.24, 2.45) is 0 Å². The zero-order chi connectivity index (χ0) is 15.4. The summed E-state index contributed by atoms with van der Waals surface area (Å²) in [7, 11) is 3.56. The summed E-state index contributed by atoms with van der Waals surface area (Å²) in [4.78, 5) is 0. The normalized spacial score (nSPS) is 12.2. The van der Waals surface area contributed by atoms with Crippen molar-refractivity contribution in [2.45, 2.75) is 19.4 Å². The number of methoxy groups -OCH3 is 1. The summed E-state index contributed by atoms with van der Waals surface area (Å²) in [6, 6.07) is 10.9. The van der Waals surface area contributed by atoms with Crippen molar-refractivity contribution in [3.8, 4) is 5.75 Å². The second-order valence-corrected chi connectivity index (χ2v) is 5.92. The van der Waals surface area contributed by atoms with Crippen molar-refractivity contribution < 1.29 is 9.13 Å². The highest BCUT2D eigenvalue weighted by Gasteiger charge is 2.16. The average molecular weight is 352 g/mol. The van der Waals surface area contributed by atoms with Gasteiger partial charge in [-0.15, -0.1) is 0 Å². The lowest BCUT2D eigenvalue weighted by Crippen LogP contribution is -2.20. The van der Waals surface area contributed by atoms with Gasteiger partial charge in [-0.05, 0) is 55.8 Å². The molecule has 2 rings (SSSR count). The molecule has 0 fully saturated rings. The van der Waals surface area contributed by atoms with Crippen molar-refractivity contribution in [2.75, 3.05) is 14.2 Å². The quantitative estimate of drug-likeness (QED) is 0.861. The van der Waals surface area contributed by atoms with Crippen LogP contribution in [0.25, 0.3) is 0 Å². The van der Waals surface area contributed by atoms with Crippen LogP contribution in [0.15, 0.2) is 40.9 Å². The van der Waals surface area contributed by atoms with Crippen LogP contribution in [0.3, 0.4) is 0 Å². The third-order valence-corrected chi connectivity index (χ3v) is 4.15. The van der Waals surface area contributed by atoms with Crippen molar-refractivity contribution in [3.05, 3.63) is 63.4 Å². The van der Waals surface area contributed by atoms with Gasteiger partial charge in [-0.2, -0.15) is 0 Å². The van der Waals surface area contributed by atoms with Gasteiger partial charge in [0.25, 0.3) is 0 Å². The molecule has 1 N–H and O–H groups in total. The molecular formula is C17H19BrFNO. The first-order valence-corrected chi connectivity index (χ1v) is 7.60. The zero-order valence-electron chi connectivity index (χ0n) is 12.4. The number of hydrogen-bond donors (Lipinski definition) is 1. The van der Waals surface area contributed by atoms with Crippen LogP contribution in [-0.2, 0) is 6.42 Å². The monoisotopic (exact) mass is 351 g/mol. The van der Waals surface area contributed by atoms with E-state index in [-0.39, 0.29) is 11.9 Å². The minimum atomic E-state index is -0.201. The number of hydrogen-bond acceptors (Lipinski definition) is 2. The van der Waals surface area contributed by atoms with Crippen LogP contribution in [0.1, 0.15) is 22.7 Å². The van der Waals surface area contributed by atoms with Gasteiger partial charge in [-0.1, -0.05) is 28.1 Å². The fourth-order valence-electron chi connectivity index (χ4n) is 2.42. The molecule has 0 aromatic heterocycles. The summed E-state index contributed by atoms with van der Waals surface area (Å²) in [5, 5.41) is 3.29. The summed E-state index contributed by atoms with van der Waals surface area (Å²) in [6.07, 6.45) is 0.706. The fraction of sp³-hybridized carbons (Fsp3) is 0.294. The second kappa shape index (κ2) is 7.05. The van der Waals surface area contributed by atoms with Gasteiger partial charge < -0.3 is 10.1 Å². The Morgan fingerprint density at radius 1 is 1.24 bits per heavy atom. The first kappa shape index (κ1) is 16.0. The molecule has 0 saturated heterocycles. The molecule has 0 aliphatic heterocycles. The van der Waals surface area contributed by atoms with Gasteiger partial charge in [0.05, 0.1) is 7.11 Å². The number of nitrogens with one attached hydrogen (secondary N) is 1. The summed E-state index contributed by atoms with van der Waals surface area (Å²) in [5.41, 5.74) is 3.15. The van der Waals surface area contributed by atoms with E-state index in [1.165, 1.54) is 6.07 Å². The molecule has 0 spiro atoms. The third-order valence-electron chi connectivity index (χ3n) is 3.65. The molecule has 1 unspecified atom stereocenters. The Balaban J connectivity index is 2.34. The molecule has 2 aromatic rings. The van der Waals surface area contributed by atoms with Gasteiger partial charge in [-0.25, -0.2) is 4.39 Å². The standard InChI is InChI=1S/C17H19BrFNO/c1-11-4-6-14(19)8-12(11)9-16(20-2)15-7-5-13(18)10-17(15)21-3/h4-8,10,16,20H,9H2,1-3H3. The molecular weight excluding hydrogens is 333 g/mol. The molecule has 0 amide bonds. The Hall–Kier alpha value is -1.39. The predicted octanol–water partition coefficient (Wildman–Crippen LogP) is 4.41. The molecule has 2 aromatic carbocycles. The lowest BCUT2D eigenvalue weighted by molar-refractivity contribution is 0.401. The van der Waals surface area contributed by atoms with E-state index in [0.717, 1.165) is 26.9 Å². The molecule has 0 aliphatic carbocycles. The fourth-order valence-corrected chi connectivity index (χ4v) is 2.76. The van der Waals surface area contributed by atoms with Crippen molar-refractivity contribution >= 4 is 15.9 Å². The number of halogens is 2. The molecule has 2 nitrogen and oxygen atoms in total. The minimum absolute atomic E-state index is 0.0635. The van der Waals surface area contributed by atoms with E-state index in [2.05, 4.69) is 21.2 Å². The Bertz CT molecular complexity index is 630. The van der Waals surface area contributed by atoms with Gasteiger partial charge in [0.1, 0.15) is 11.6 Å². The van der Waals surface area contributed by atoms with Crippen LogP contribution >= 0.6 is 15.9 Å². The van der Waals surface area contributed by atoms with Crippen LogP contribution in [0.5, 0.6) is 5.75 Å². The van der Waals surface area contributed by atoms with E-state index in [1.54, 1.807) is 13.2 Å². The molecule has 0 bridgehead atoms. The molecule has 112 valence electrons. The van der Waals surface area contributed by atoms with Crippen LogP contribution in [0, 0.1) is 12.7 Å². The lowest BCUT2D eigenvalue weighted by atomic mass is 9.95. The average Bonchev–Trinajstić information content (AvgIpc) is 2.48. The number of ether oxygens (including phenoxy) is 1. The molecule has 0 aliphatic rings. The topological polar surface area (TPSA) is 21.3 Å². The van der Waals surface area contributed by atoms with Gasteiger partial charge in [0.15, 0.2) is 0 Å². The predicted molar refractivity (Wildman–Crippen MR) is 87.3 cm³/mol. The van der Waals surface area contributed by atoms with Gasteiger partial charge >= 0.3 is 0 Å². The molecule has 0 saturated carbocycles. The highest BCUT2D eigenvalue weighted by molar-refractivity contribution is 9.10. The van der Waals surface area contributed by atoms with Crippen LogP contribution in [0.2, 0.25) is 0 Å². The van der Waals surface area contributed by atoms with Crippen LogP contribution in [-0.4, -0.2) is 14.2 Å². The van der Waals surface area contributed by atoms with Crippen molar-refractivity contribution in [1.29, 1.82) is 0 Å². The second-order valence-electron chi connectivity index (χ2n) is 5.00. The van der Waals surface area contributed by atoms with Gasteiger partial charge in [-0.3, -0.25) is 0 Å². The zero-order valence-corrected chi connectivity index (χ0v) is 14.0. The van der Waals surface area contributed by atoms with E-state index in [4.69, 9.17) is 4.74 Å². The first-order chi connectivity index (χ1) is 10.0. The van der Waals surface area contributed by atoms with Crippen molar-refractivity contribution in [1.82, 2.24) is 5.32 Å². The van der Waals surface area contributed by atoms with E-state index in [1.807, 2.05) is 38.2 Å².